The molecule has 0 unspecified atom stereocenters. The van der Waals surface area contributed by atoms with Crippen LogP contribution in [0.3, 0.4) is 0 Å². The molecule has 0 bridgehead atoms. The number of hydrogen-bond acceptors (Lipinski definition) is 4. The fourth-order valence-electron chi connectivity index (χ4n) is 2.89. The van der Waals surface area contributed by atoms with Gasteiger partial charge in [0.2, 0.25) is 17.6 Å². The van der Waals surface area contributed by atoms with E-state index >= 15 is 0 Å². The van der Waals surface area contributed by atoms with E-state index < -0.39 is 0 Å². The lowest BCUT2D eigenvalue weighted by atomic mass is 9.84. The summed E-state index contributed by atoms with van der Waals surface area (Å²) < 4.78 is 5.50. The van der Waals surface area contributed by atoms with Crippen molar-refractivity contribution in [1.29, 1.82) is 0 Å². The van der Waals surface area contributed by atoms with Gasteiger partial charge >= 0.3 is 0 Å². The molecule has 128 valence electrons. The third kappa shape index (κ3) is 3.50. The van der Waals surface area contributed by atoms with Crippen molar-refractivity contribution in [3.05, 3.63) is 35.7 Å². The van der Waals surface area contributed by atoms with Crippen molar-refractivity contribution in [2.75, 3.05) is 0 Å². The first kappa shape index (κ1) is 16.7. The molecule has 1 heterocycles. The van der Waals surface area contributed by atoms with Gasteiger partial charge in [-0.05, 0) is 31.7 Å². The third-order valence-corrected chi connectivity index (χ3v) is 4.97. The maximum absolute atomic E-state index is 12.3. The Morgan fingerprint density at radius 3 is 2.83 bits per heavy atom. The van der Waals surface area contributed by atoms with E-state index in [4.69, 9.17) is 4.52 Å². The minimum absolute atomic E-state index is 0.113. The Morgan fingerprint density at radius 1 is 1.42 bits per heavy atom. The highest BCUT2D eigenvalue weighted by molar-refractivity contribution is 5.79. The lowest BCUT2D eigenvalue weighted by molar-refractivity contribution is -0.128. The number of benzene rings is 1. The maximum atomic E-state index is 12.3. The molecule has 0 spiro atoms. The average molecular weight is 327 g/mol. The van der Waals surface area contributed by atoms with Gasteiger partial charge in [-0.3, -0.25) is 4.79 Å². The van der Waals surface area contributed by atoms with Crippen LogP contribution in [0.2, 0.25) is 0 Å². The summed E-state index contributed by atoms with van der Waals surface area (Å²) in [5, 5.41) is 7.24. The van der Waals surface area contributed by atoms with Crippen LogP contribution >= 0.6 is 0 Å². The van der Waals surface area contributed by atoms with Crippen LogP contribution in [-0.2, 0) is 4.79 Å². The summed E-state index contributed by atoms with van der Waals surface area (Å²) in [6, 6.07) is 7.78. The van der Waals surface area contributed by atoms with E-state index in [0.717, 1.165) is 36.8 Å². The minimum atomic E-state index is -0.228. The average Bonchev–Trinajstić information content (AvgIpc) is 3.00. The number of aromatic nitrogens is 2. The van der Waals surface area contributed by atoms with E-state index in [1.54, 1.807) is 0 Å². The molecule has 1 aromatic carbocycles. The molecule has 5 heteroatoms. The predicted molar refractivity (Wildman–Crippen MR) is 92.2 cm³/mol. The zero-order chi connectivity index (χ0) is 17.1. The summed E-state index contributed by atoms with van der Waals surface area (Å²) in [5.41, 5.74) is 2.08. The highest BCUT2D eigenvalue weighted by Gasteiger charge is 2.31. The first-order valence-electron chi connectivity index (χ1n) is 8.79. The van der Waals surface area contributed by atoms with Gasteiger partial charge in [-0.25, -0.2) is 0 Å². The highest BCUT2D eigenvalue weighted by Crippen LogP contribution is 2.30. The third-order valence-electron chi connectivity index (χ3n) is 4.97. The Balaban J connectivity index is 1.81. The molecular formula is C19H25N3O2. The molecule has 1 aromatic heterocycles. The standard InChI is InChI=1S/C19H25N3O2/c1-4-13(3)16(20-18(23)14-8-6-9-14)19-21-17(22-24-19)15-10-5-7-12(2)11-15/h5,7,10-11,13-14,16H,4,6,8-9H2,1-3H3,(H,20,23)/t13-,16-/m1/s1. The molecule has 0 aliphatic heterocycles. The molecule has 1 fully saturated rings. The largest absolute Gasteiger partial charge is 0.344 e. The molecule has 0 saturated heterocycles. The maximum Gasteiger partial charge on any atom is 0.249 e. The molecule has 5 nitrogen and oxygen atoms in total. The van der Waals surface area contributed by atoms with Gasteiger partial charge < -0.3 is 9.84 Å². The van der Waals surface area contributed by atoms with Crippen molar-refractivity contribution < 1.29 is 9.32 Å². The molecule has 1 aliphatic carbocycles. The topological polar surface area (TPSA) is 68.0 Å². The number of rotatable bonds is 6. The Hall–Kier alpha value is -2.17. The number of hydrogen-bond donors (Lipinski definition) is 1. The number of carbonyl (C=O) groups is 1. The van der Waals surface area contributed by atoms with E-state index in [-0.39, 0.29) is 23.8 Å². The molecule has 1 aliphatic rings. The van der Waals surface area contributed by atoms with E-state index in [0.29, 0.717) is 11.7 Å². The number of carbonyl (C=O) groups excluding carboxylic acids is 1. The Labute approximate surface area is 142 Å². The Bertz CT molecular complexity index is 706. The second-order valence-electron chi connectivity index (χ2n) is 6.83. The van der Waals surface area contributed by atoms with E-state index in [2.05, 4.69) is 29.3 Å². The quantitative estimate of drug-likeness (QED) is 0.869. The smallest absolute Gasteiger partial charge is 0.249 e. The van der Waals surface area contributed by atoms with Crippen LogP contribution in [0.1, 0.15) is 57.0 Å². The van der Waals surface area contributed by atoms with Crippen molar-refractivity contribution in [2.45, 2.75) is 52.5 Å². The molecule has 1 N–H and O–H groups in total. The fraction of sp³-hybridized carbons (Fsp3) is 0.526. The van der Waals surface area contributed by atoms with Gasteiger partial charge in [-0.2, -0.15) is 4.98 Å². The summed E-state index contributed by atoms with van der Waals surface area (Å²) >= 11 is 0. The van der Waals surface area contributed by atoms with Crippen LogP contribution in [0, 0.1) is 18.8 Å². The van der Waals surface area contributed by atoms with Crippen molar-refractivity contribution in [3.8, 4) is 11.4 Å². The summed E-state index contributed by atoms with van der Waals surface area (Å²) in [4.78, 5) is 16.9. The SMILES string of the molecule is CC[C@@H](C)[C@@H](NC(=O)C1CCC1)c1nc(-c2cccc(C)c2)no1. The highest BCUT2D eigenvalue weighted by atomic mass is 16.5. The zero-order valence-corrected chi connectivity index (χ0v) is 14.6. The van der Waals surface area contributed by atoms with E-state index in [1.807, 2.05) is 31.2 Å². The number of amides is 1. The summed E-state index contributed by atoms with van der Waals surface area (Å²) in [5.74, 6) is 1.56. The van der Waals surface area contributed by atoms with E-state index in [9.17, 15) is 4.79 Å². The monoisotopic (exact) mass is 327 g/mol. The van der Waals surface area contributed by atoms with Crippen LogP contribution in [0.25, 0.3) is 11.4 Å². The van der Waals surface area contributed by atoms with Crippen molar-refractivity contribution in [2.24, 2.45) is 11.8 Å². The lowest BCUT2D eigenvalue weighted by Crippen LogP contribution is -2.39. The second kappa shape index (κ2) is 7.16. The van der Waals surface area contributed by atoms with Crippen LogP contribution in [-0.4, -0.2) is 16.0 Å². The van der Waals surface area contributed by atoms with Gasteiger partial charge in [0.1, 0.15) is 6.04 Å². The fourth-order valence-corrected chi connectivity index (χ4v) is 2.89. The molecule has 2 atom stereocenters. The molecule has 24 heavy (non-hydrogen) atoms. The molecule has 1 saturated carbocycles. The summed E-state index contributed by atoms with van der Waals surface area (Å²) in [6.45, 7) is 6.23. The van der Waals surface area contributed by atoms with E-state index in [1.165, 1.54) is 0 Å². The summed E-state index contributed by atoms with van der Waals surface area (Å²) in [7, 11) is 0. The Kier molecular flexibility index (Phi) is 4.97. The van der Waals surface area contributed by atoms with Gasteiger partial charge in [0.25, 0.3) is 0 Å². The second-order valence-corrected chi connectivity index (χ2v) is 6.83. The van der Waals surface area contributed by atoms with Gasteiger partial charge in [-0.1, -0.05) is 55.6 Å². The Morgan fingerprint density at radius 2 is 2.21 bits per heavy atom. The molecule has 1 amide bonds. The zero-order valence-electron chi connectivity index (χ0n) is 14.6. The lowest BCUT2D eigenvalue weighted by Gasteiger charge is -2.28. The normalized spacial score (nSPS) is 17.1. The minimum Gasteiger partial charge on any atom is -0.344 e. The number of aryl methyl sites for hydroxylation is 1. The molecule has 2 aromatic rings. The van der Waals surface area contributed by atoms with Crippen LogP contribution < -0.4 is 5.32 Å². The molecular weight excluding hydrogens is 302 g/mol. The van der Waals surface area contributed by atoms with Crippen LogP contribution in [0.15, 0.2) is 28.8 Å². The van der Waals surface area contributed by atoms with Gasteiger partial charge in [-0.15, -0.1) is 0 Å². The van der Waals surface area contributed by atoms with Gasteiger partial charge in [0.15, 0.2) is 0 Å². The predicted octanol–water partition coefficient (Wildman–Crippen LogP) is 4.05. The number of nitrogens with zero attached hydrogens (tertiary/aromatic N) is 2. The van der Waals surface area contributed by atoms with Crippen molar-refractivity contribution >= 4 is 5.91 Å². The van der Waals surface area contributed by atoms with Gasteiger partial charge in [0.05, 0.1) is 0 Å². The first-order chi connectivity index (χ1) is 11.6. The van der Waals surface area contributed by atoms with Crippen LogP contribution in [0.4, 0.5) is 0 Å². The number of nitrogens with one attached hydrogen (secondary N) is 1. The van der Waals surface area contributed by atoms with Crippen molar-refractivity contribution in [3.63, 3.8) is 0 Å². The van der Waals surface area contributed by atoms with Crippen molar-refractivity contribution in [1.82, 2.24) is 15.5 Å². The molecule has 0 radical (unpaired) electrons. The summed E-state index contributed by atoms with van der Waals surface area (Å²) in [6.07, 6.45) is 4.04. The van der Waals surface area contributed by atoms with Gasteiger partial charge in [0, 0.05) is 11.5 Å². The molecule has 3 rings (SSSR count). The first-order valence-corrected chi connectivity index (χ1v) is 8.79. The van der Waals surface area contributed by atoms with Crippen LogP contribution in [0.5, 0.6) is 0 Å².